The second-order valence-corrected chi connectivity index (χ2v) is 6.34. The van der Waals surface area contributed by atoms with E-state index in [1.165, 1.54) is 0 Å². The number of anilines is 1. The van der Waals surface area contributed by atoms with E-state index < -0.39 is 0 Å². The van der Waals surface area contributed by atoms with E-state index >= 15 is 0 Å². The molecule has 1 heterocycles. The predicted molar refractivity (Wildman–Crippen MR) is 97.5 cm³/mol. The summed E-state index contributed by atoms with van der Waals surface area (Å²) in [6.07, 6.45) is 0.983. The number of β-amino-alcohol motifs (C(OH)–C–C–N with tert-alkyl or cyclic N) is 1. The number of carbonyl (C=O) groups is 1. The average molecular weight is 340 g/mol. The Morgan fingerprint density at radius 3 is 2.60 bits per heavy atom. The van der Waals surface area contributed by atoms with Gasteiger partial charge in [-0.1, -0.05) is 30.3 Å². The molecule has 1 aliphatic rings. The van der Waals surface area contributed by atoms with Crippen molar-refractivity contribution < 1.29 is 14.6 Å². The molecule has 0 aliphatic carbocycles. The van der Waals surface area contributed by atoms with Crippen molar-refractivity contribution in [3.8, 4) is 5.75 Å². The van der Waals surface area contributed by atoms with E-state index in [1.54, 1.807) is 0 Å². The lowest BCUT2D eigenvalue weighted by atomic mass is 10.2. The molecule has 2 N–H and O–H groups in total. The highest BCUT2D eigenvalue weighted by atomic mass is 16.5. The maximum absolute atomic E-state index is 12.0. The fourth-order valence-electron chi connectivity index (χ4n) is 2.87. The van der Waals surface area contributed by atoms with Gasteiger partial charge < -0.3 is 20.1 Å². The van der Waals surface area contributed by atoms with Gasteiger partial charge in [0.15, 0.2) is 0 Å². The maximum Gasteiger partial charge on any atom is 0.225 e. The van der Waals surface area contributed by atoms with Crippen molar-refractivity contribution in [3.63, 3.8) is 0 Å². The third-order valence-corrected chi connectivity index (χ3v) is 4.29. The van der Waals surface area contributed by atoms with Gasteiger partial charge in [0.05, 0.1) is 6.10 Å². The molecular weight excluding hydrogens is 316 g/mol. The molecule has 0 aromatic heterocycles. The number of nitrogens with one attached hydrogen (secondary N) is 1. The van der Waals surface area contributed by atoms with Crippen molar-refractivity contribution in [1.29, 1.82) is 0 Å². The number of hydrogen-bond acceptors (Lipinski definition) is 4. The lowest BCUT2D eigenvalue weighted by Gasteiger charge is -2.14. The number of carbonyl (C=O) groups excluding carboxylic acids is 1. The van der Waals surface area contributed by atoms with Crippen LogP contribution in [0.5, 0.6) is 5.75 Å². The molecule has 1 saturated heterocycles. The van der Waals surface area contributed by atoms with Crippen LogP contribution in [-0.4, -0.2) is 41.7 Å². The third kappa shape index (κ3) is 5.59. The molecule has 1 aliphatic heterocycles. The highest BCUT2D eigenvalue weighted by Gasteiger charge is 2.20. The Morgan fingerprint density at radius 1 is 1.16 bits per heavy atom. The van der Waals surface area contributed by atoms with Gasteiger partial charge in [-0.2, -0.15) is 0 Å². The molecule has 132 valence electrons. The molecule has 1 amide bonds. The summed E-state index contributed by atoms with van der Waals surface area (Å²) >= 11 is 0. The van der Waals surface area contributed by atoms with Crippen molar-refractivity contribution in [2.24, 2.45) is 0 Å². The minimum atomic E-state index is -0.244. The van der Waals surface area contributed by atoms with Crippen LogP contribution >= 0.6 is 0 Å². The van der Waals surface area contributed by atoms with Gasteiger partial charge in [-0.3, -0.25) is 4.79 Å². The molecule has 0 saturated carbocycles. The highest BCUT2D eigenvalue weighted by molar-refractivity contribution is 5.90. The van der Waals surface area contributed by atoms with Crippen LogP contribution in [-0.2, 0) is 11.4 Å². The summed E-state index contributed by atoms with van der Waals surface area (Å²) in [5.74, 6) is 0.757. The van der Waals surface area contributed by atoms with Gasteiger partial charge in [0, 0.05) is 31.7 Å². The molecular formula is C20H24N2O3. The lowest BCUT2D eigenvalue weighted by Crippen LogP contribution is -2.26. The lowest BCUT2D eigenvalue weighted by molar-refractivity contribution is -0.116. The van der Waals surface area contributed by atoms with Crippen LogP contribution in [0.25, 0.3) is 0 Å². The zero-order valence-corrected chi connectivity index (χ0v) is 14.2. The van der Waals surface area contributed by atoms with E-state index in [0.29, 0.717) is 26.1 Å². The summed E-state index contributed by atoms with van der Waals surface area (Å²) in [6.45, 7) is 2.73. The molecule has 0 radical (unpaired) electrons. The predicted octanol–water partition coefficient (Wildman–Crippen LogP) is 2.66. The Labute approximate surface area is 148 Å². The van der Waals surface area contributed by atoms with Gasteiger partial charge in [0.25, 0.3) is 0 Å². The van der Waals surface area contributed by atoms with E-state index in [1.807, 2.05) is 54.6 Å². The van der Waals surface area contributed by atoms with E-state index in [2.05, 4.69) is 10.2 Å². The Bertz CT molecular complexity index is 673. The van der Waals surface area contributed by atoms with Crippen LogP contribution in [0.2, 0.25) is 0 Å². The van der Waals surface area contributed by atoms with Gasteiger partial charge >= 0.3 is 0 Å². The zero-order valence-electron chi connectivity index (χ0n) is 14.2. The summed E-state index contributed by atoms with van der Waals surface area (Å²) < 4.78 is 5.73. The first-order chi connectivity index (χ1) is 12.2. The highest BCUT2D eigenvalue weighted by Crippen LogP contribution is 2.17. The molecule has 5 heteroatoms. The van der Waals surface area contributed by atoms with Crippen LogP contribution < -0.4 is 10.1 Å². The topological polar surface area (TPSA) is 61.8 Å². The molecule has 5 nitrogen and oxygen atoms in total. The third-order valence-electron chi connectivity index (χ3n) is 4.29. The molecule has 2 aromatic rings. The van der Waals surface area contributed by atoms with Crippen LogP contribution in [0.1, 0.15) is 18.4 Å². The Balaban J connectivity index is 1.41. The standard InChI is InChI=1S/C20H24N2O3/c23-18-10-12-22(14-18)13-11-20(24)21-17-6-8-19(9-7-17)25-15-16-4-2-1-3-5-16/h1-9,18,23H,10-15H2,(H,21,24). The minimum absolute atomic E-state index is 0.0145. The monoisotopic (exact) mass is 340 g/mol. The van der Waals surface area contributed by atoms with Crippen LogP contribution in [0.3, 0.4) is 0 Å². The number of aliphatic hydroxyl groups excluding tert-OH is 1. The van der Waals surface area contributed by atoms with E-state index in [4.69, 9.17) is 4.74 Å². The molecule has 1 fully saturated rings. The van der Waals surface area contributed by atoms with Gasteiger partial charge in [-0.05, 0) is 36.2 Å². The van der Waals surface area contributed by atoms with Crippen molar-refractivity contribution in [2.75, 3.05) is 25.0 Å². The number of rotatable bonds is 7. The number of aliphatic hydroxyl groups is 1. The second-order valence-electron chi connectivity index (χ2n) is 6.34. The van der Waals surface area contributed by atoms with Crippen molar-refractivity contribution in [3.05, 3.63) is 60.2 Å². The second kappa shape index (κ2) is 8.65. The summed E-state index contributed by atoms with van der Waals surface area (Å²) in [7, 11) is 0. The first-order valence-corrected chi connectivity index (χ1v) is 8.66. The van der Waals surface area contributed by atoms with Gasteiger partial charge in [0.2, 0.25) is 5.91 Å². The molecule has 3 rings (SSSR count). The van der Waals surface area contributed by atoms with E-state index in [-0.39, 0.29) is 12.0 Å². The number of ether oxygens (including phenoxy) is 1. The molecule has 1 unspecified atom stereocenters. The van der Waals surface area contributed by atoms with Gasteiger partial charge in [0.1, 0.15) is 12.4 Å². The summed E-state index contributed by atoms with van der Waals surface area (Å²) in [6, 6.07) is 17.4. The summed E-state index contributed by atoms with van der Waals surface area (Å²) in [5, 5.41) is 12.4. The molecule has 25 heavy (non-hydrogen) atoms. The first kappa shape index (κ1) is 17.5. The van der Waals surface area contributed by atoms with Gasteiger partial charge in [-0.15, -0.1) is 0 Å². The number of hydrogen-bond donors (Lipinski definition) is 2. The Kier molecular flexibility index (Phi) is 6.04. The van der Waals surface area contributed by atoms with E-state index in [0.717, 1.165) is 30.0 Å². The summed E-state index contributed by atoms with van der Waals surface area (Å²) in [5.41, 5.74) is 1.88. The van der Waals surface area contributed by atoms with Crippen LogP contribution in [0, 0.1) is 0 Å². The molecule has 0 spiro atoms. The maximum atomic E-state index is 12.0. The minimum Gasteiger partial charge on any atom is -0.489 e. The SMILES string of the molecule is O=C(CCN1CCC(O)C1)Nc1ccc(OCc2ccccc2)cc1. The Morgan fingerprint density at radius 2 is 1.92 bits per heavy atom. The Hall–Kier alpha value is -2.37. The molecule has 2 aromatic carbocycles. The van der Waals surface area contributed by atoms with E-state index in [9.17, 15) is 9.90 Å². The molecule has 0 bridgehead atoms. The number of amides is 1. The largest absolute Gasteiger partial charge is 0.489 e. The smallest absolute Gasteiger partial charge is 0.225 e. The average Bonchev–Trinajstić information content (AvgIpc) is 3.06. The summed E-state index contributed by atoms with van der Waals surface area (Å²) in [4.78, 5) is 14.1. The first-order valence-electron chi connectivity index (χ1n) is 8.66. The quantitative estimate of drug-likeness (QED) is 0.813. The number of likely N-dealkylation sites (tertiary alicyclic amines) is 1. The normalized spacial score (nSPS) is 17.4. The fraction of sp³-hybridized carbons (Fsp3) is 0.350. The van der Waals surface area contributed by atoms with Crippen LogP contribution in [0.15, 0.2) is 54.6 Å². The zero-order chi connectivity index (χ0) is 17.5. The number of benzene rings is 2. The van der Waals surface area contributed by atoms with Crippen molar-refractivity contribution in [2.45, 2.75) is 25.6 Å². The fourth-order valence-corrected chi connectivity index (χ4v) is 2.87. The van der Waals surface area contributed by atoms with Crippen molar-refractivity contribution >= 4 is 11.6 Å². The molecule has 1 atom stereocenters. The van der Waals surface area contributed by atoms with Gasteiger partial charge in [-0.25, -0.2) is 0 Å². The van der Waals surface area contributed by atoms with Crippen LogP contribution in [0.4, 0.5) is 5.69 Å². The number of nitrogens with zero attached hydrogens (tertiary/aromatic N) is 1. The van der Waals surface area contributed by atoms with Crippen molar-refractivity contribution in [1.82, 2.24) is 4.90 Å².